The summed E-state index contributed by atoms with van der Waals surface area (Å²) in [6.45, 7) is 4.70. The number of piperidine rings is 1. The van der Waals surface area contributed by atoms with E-state index in [-0.39, 0.29) is 18.4 Å². The first-order valence-electron chi connectivity index (χ1n) is 12.0. The van der Waals surface area contributed by atoms with Crippen LogP contribution in [0.15, 0.2) is 94.3 Å². The quantitative estimate of drug-likeness (QED) is 0.268. The summed E-state index contributed by atoms with van der Waals surface area (Å²) in [5.41, 5.74) is 2.90. The fourth-order valence-electron chi connectivity index (χ4n) is 5.48. The summed E-state index contributed by atoms with van der Waals surface area (Å²) < 4.78 is 35.0. The third kappa shape index (κ3) is 4.44. The van der Waals surface area contributed by atoms with Gasteiger partial charge in [-0.05, 0) is 61.1 Å². The highest BCUT2D eigenvalue weighted by Crippen LogP contribution is 2.70. The van der Waals surface area contributed by atoms with Crippen molar-refractivity contribution in [2.75, 3.05) is 19.7 Å². The molecule has 0 radical (unpaired) electrons. The van der Waals surface area contributed by atoms with Crippen molar-refractivity contribution in [2.45, 2.75) is 24.7 Å². The van der Waals surface area contributed by atoms with Gasteiger partial charge in [-0.1, -0.05) is 82.2 Å². The average molecular weight is 567 g/mol. The van der Waals surface area contributed by atoms with E-state index in [1.165, 1.54) is 0 Å². The zero-order valence-corrected chi connectivity index (χ0v) is 22.6. The van der Waals surface area contributed by atoms with Gasteiger partial charge in [-0.25, -0.2) is 13.2 Å². The number of carbonyl (C=O) groups is 1. The van der Waals surface area contributed by atoms with Gasteiger partial charge in [-0.2, -0.15) is 4.31 Å². The van der Waals surface area contributed by atoms with Gasteiger partial charge in [0.2, 0.25) is 10.0 Å². The van der Waals surface area contributed by atoms with E-state index in [1.807, 2.05) is 67.6 Å². The van der Waals surface area contributed by atoms with E-state index >= 15 is 0 Å². The van der Waals surface area contributed by atoms with Crippen molar-refractivity contribution in [1.29, 1.82) is 0 Å². The van der Waals surface area contributed by atoms with Crippen LogP contribution in [0, 0.1) is 18.3 Å². The highest BCUT2D eigenvalue weighted by molar-refractivity contribution is 9.10. The van der Waals surface area contributed by atoms with Gasteiger partial charge in [0.05, 0.1) is 17.1 Å². The number of rotatable bonds is 7. The van der Waals surface area contributed by atoms with E-state index in [0.717, 1.165) is 21.2 Å². The number of hydrogen-bond donors (Lipinski definition) is 0. The Bertz CT molecular complexity index is 1400. The SMILES string of the molecule is CCOC(=O)/C(=C\[C@]12CN(S(=O)(=O)c3ccc(C)cc3)C[C@H]1[C@@H]2c1ccccc1)c1ccc(Br)cc1. The minimum absolute atomic E-state index is 0.0694. The van der Waals surface area contributed by atoms with Gasteiger partial charge in [-0.15, -0.1) is 0 Å². The summed E-state index contributed by atoms with van der Waals surface area (Å²) >= 11 is 3.46. The maximum absolute atomic E-state index is 13.5. The highest BCUT2D eigenvalue weighted by Gasteiger charge is 2.69. The summed E-state index contributed by atoms with van der Waals surface area (Å²) in [5.74, 6) is -0.199. The zero-order valence-electron chi connectivity index (χ0n) is 20.2. The van der Waals surface area contributed by atoms with Crippen molar-refractivity contribution >= 4 is 37.5 Å². The Balaban J connectivity index is 1.57. The van der Waals surface area contributed by atoms with Crippen LogP contribution in [0.3, 0.4) is 0 Å². The van der Waals surface area contributed by atoms with Gasteiger partial charge in [0.15, 0.2) is 0 Å². The Morgan fingerprint density at radius 3 is 2.36 bits per heavy atom. The van der Waals surface area contributed by atoms with Crippen LogP contribution < -0.4 is 0 Å². The van der Waals surface area contributed by atoms with E-state index in [1.54, 1.807) is 23.4 Å². The third-order valence-electron chi connectivity index (χ3n) is 7.29. The van der Waals surface area contributed by atoms with Crippen LogP contribution in [0.5, 0.6) is 0 Å². The van der Waals surface area contributed by atoms with Crippen molar-refractivity contribution in [2.24, 2.45) is 11.3 Å². The Morgan fingerprint density at radius 1 is 1.06 bits per heavy atom. The van der Waals surface area contributed by atoms with Gasteiger partial charge >= 0.3 is 5.97 Å². The van der Waals surface area contributed by atoms with Gasteiger partial charge in [0.25, 0.3) is 0 Å². The first kappa shape index (κ1) is 24.9. The minimum Gasteiger partial charge on any atom is -0.462 e. The predicted octanol–water partition coefficient (Wildman–Crippen LogP) is 5.81. The first-order valence-corrected chi connectivity index (χ1v) is 14.3. The molecule has 1 saturated heterocycles. The van der Waals surface area contributed by atoms with Crippen LogP contribution in [0.25, 0.3) is 5.57 Å². The minimum atomic E-state index is -3.66. The van der Waals surface area contributed by atoms with Crippen LogP contribution >= 0.6 is 15.9 Å². The molecule has 36 heavy (non-hydrogen) atoms. The zero-order chi connectivity index (χ0) is 25.5. The number of halogens is 1. The van der Waals surface area contributed by atoms with Crippen molar-refractivity contribution in [3.8, 4) is 0 Å². The maximum Gasteiger partial charge on any atom is 0.338 e. The van der Waals surface area contributed by atoms with Crippen molar-refractivity contribution in [1.82, 2.24) is 4.31 Å². The largest absolute Gasteiger partial charge is 0.462 e. The molecule has 3 aromatic carbocycles. The number of esters is 1. The van der Waals surface area contributed by atoms with E-state index in [2.05, 4.69) is 28.1 Å². The number of ether oxygens (including phenoxy) is 1. The van der Waals surface area contributed by atoms with E-state index in [4.69, 9.17) is 4.74 Å². The topological polar surface area (TPSA) is 63.7 Å². The second-order valence-electron chi connectivity index (χ2n) is 9.50. The molecule has 0 bridgehead atoms. The maximum atomic E-state index is 13.5. The van der Waals surface area contributed by atoms with Crippen LogP contribution in [0.4, 0.5) is 0 Å². The molecule has 1 aliphatic carbocycles. The molecule has 1 heterocycles. The molecule has 0 aromatic heterocycles. The van der Waals surface area contributed by atoms with Gasteiger partial charge < -0.3 is 4.74 Å². The molecule has 5 nitrogen and oxygen atoms in total. The second-order valence-corrected chi connectivity index (χ2v) is 12.4. The number of carbonyl (C=O) groups excluding carboxylic acids is 1. The molecule has 0 unspecified atom stereocenters. The molecule has 3 atom stereocenters. The molecule has 2 fully saturated rings. The summed E-state index contributed by atoms with van der Waals surface area (Å²) in [7, 11) is -3.66. The smallest absolute Gasteiger partial charge is 0.338 e. The third-order valence-corrected chi connectivity index (χ3v) is 9.65. The highest BCUT2D eigenvalue weighted by atomic mass is 79.9. The molecule has 5 rings (SSSR count). The first-order chi connectivity index (χ1) is 17.3. The fraction of sp³-hybridized carbons (Fsp3) is 0.276. The van der Waals surface area contributed by atoms with Gasteiger partial charge in [-0.3, -0.25) is 0 Å². The Hall–Kier alpha value is -2.74. The normalized spacial score (nSPS) is 23.8. The summed E-state index contributed by atoms with van der Waals surface area (Å²) in [6, 6.07) is 24.7. The number of sulfonamides is 1. The van der Waals surface area contributed by atoms with E-state index in [9.17, 15) is 13.2 Å². The number of hydrogen-bond acceptors (Lipinski definition) is 4. The Kier molecular flexibility index (Phi) is 6.66. The van der Waals surface area contributed by atoms with Crippen molar-refractivity contribution < 1.29 is 17.9 Å². The molecule has 0 N–H and O–H groups in total. The number of fused-ring (bicyclic) bond motifs is 1. The lowest BCUT2D eigenvalue weighted by Gasteiger charge is -2.23. The van der Waals surface area contributed by atoms with E-state index < -0.39 is 21.4 Å². The molecule has 0 amide bonds. The number of aryl methyl sites for hydroxylation is 1. The molecule has 1 aliphatic heterocycles. The molecular weight excluding hydrogens is 538 g/mol. The average Bonchev–Trinajstić information content (AvgIpc) is 3.31. The van der Waals surface area contributed by atoms with E-state index in [0.29, 0.717) is 23.6 Å². The van der Waals surface area contributed by atoms with Crippen LogP contribution in [0.2, 0.25) is 0 Å². The lowest BCUT2D eigenvalue weighted by Crippen LogP contribution is -2.33. The number of nitrogens with zero attached hydrogens (tertiary/aromatic N) is 1. The van der Waals surface area contributed by atoms with Crippen LogP contribution in [-0.4, -0.2) is 38.4 Å². The molecule has 2 aliphatic rings. The van der Waals surface area contributed by atoms with Gasteiger partial charge in [0, 0.05) is 23.0 Å². The van der Waals surface area contributed by atoms with Crippen LogP contribution in [-0.2, 0) is 19.6 Å². The number of benzene rings is 3. The van der Waals surface area contributed by atoms with Crippen molar-refractivity contribution in [3.05, 3.63) is 106 Å². The summed E-state index contributed by atoms with van der Waals surface area (Å²) in [5, 5.41) is 0. The van der Waals surface area contributed by atoms with Gasteiger partial charge in [0.1, 0.15) is 0 Å². The fourth-order valence-corrected chi connectivity index (χ4v) is 7.27. The van der Waals surface area contributed by atoms with Crippen molar-refractivity contribution in [3.63, 3.8) is 0 Å². The molecule has 1 saturated carbocycles. The summed E-state index contributed by atoms with van der Waals surface area (Å²) in [4.78, 5) is 13.4. The molecule has 186 valence electrons. The Morgan fingerprint density at radius 2 is 1.72 bits per heavy atom. The second kappa shape index (κ2) is 9.61. The Labute approximate surface area is 221 Å². The predicted molar refractivity (Wildman–Crippen MR) is 144 cm³/mol. The molecule has 3 aromatic rings. The molecule has 7 heteroatoms. The van der Waals surface area contributed by atoms with Crippen LogP contribution in [0.1, 0.15) is 29.5 Å². The monoisotopic (exact) mass is 565 g/mol. The lowest BCUT2D eigenvalue weighted by atomic mass is 9.93. The molecule has 0 spiro atoms. The standard InChI is InChI=1S/C29H28BrNO4S/c1-3-35-28(32)25(21-11-13-23(30)14-12-21)17-29-19-31(36(33,34)24-15-9-20(2)10-16-24)18-26(29)27(29)22-7-5-4-6-8-22/h4-17,26-27H,3,18-19H2,1-2H3/b25-17-/t26-,27-,29-/m0/s1. The summed E-state index contributed by atoms with van der Waals surface area (Å²) in [6.07, 6.45) is 1.99. The lowest BCUT2D eigenvalue weighted by molar-refractivity contribution is -0.136. The molecular formula is C29H28BrNO4S.